The maximum absolute atomic E-state index is 13.0. The van der Waals surface area contributed by atoms with Crippen LogP contribution in [0.3, 0.4) is 0 Å². The second-order valence-corrected chi connectivity index (χ2v) is 8.69. The van der Waals surface area contributed by atoms with E-state index in [1.165, 1.54) is 12.2 Å². The number of hydrogen-bond donors (Lipinski definition) is 0. The highest BCUT2D eigenvalue weighted by Crippen LogP contribution is 2.36. The summed E-state index contributed by atoms with van der Waals surface area (Å²) >= 11 is 0. The lowest BCUT2D eigenvalue weighted by Gasteiger charge is -2.40. The summed E-state index contributed by atoms with van der Waals surface area (Å²) in [4.78, 5) is 17.9. The molecule has 0 saturated carbocycles. The van der Waals surface area contributed by atoms with Crippen molar-refractivity contribution in [1.82, 2.24) is 5.06 Å². The second kappa shape index (κ2) is 6.28. The van der Waals surface area contributed by atoms with E-state index in [0.717, 1.165) is 11.1 Å². The van der Waals surface area contributed by atoms with Crippen LogP contribution in [0.1, 0.15) is 28.4 Å². The van der Waals surface area contributed by atoms with Gasteiger partial charge in [0.1, 0.15) is 0 Å². The minimum absolute atomic E-state index is 0.104. The Balaban J connectivity index is 2.04. The fraction of sp³-hybridized carbons (Fsp3) is 0.316. The van der Waals surface area contributed by atoms with Crippen LogP contribution in [-0.2, 0) is 20.1 Å². The predicted octanol–water partition coefficient (Wildman–Crippen LogP) is 2.74. The largest absolute Gasteiger partial charge is 0.277 e. The van der Waals surface area contributed by atoms with Crippen molar-refractivity contribution in [3.63, 3.8) is 0 Å². The zero-order valence-corrected chi connectivity index (χ0v) is 15.3. The Kier molecular flexibility index (Phi) is 4.43. The first kappa shape index (κ1) is 17.6. The van der Waals surface area contributed by atoms with E-state index in [-0.39, 0.29) is 23.1 Å². The highest BCUT2D eigenvalue weighted by atomic mass is 32.2. The maximum atomic E-state index is 13.0. The van der Waals surface area contributed by atoms with Crippen LogP contribution in [0.5, 0.6) is 0 Å². The molecule has 0 aromatic heterocycles. The molecule has 2 aromatic rings. The Labute approximate surface area is 148 Å². The number of sulfone groups is 1. The Morgan fingerprint density at radius 3 is 2.40 bits per heavy atom. The van der Waals surface area contributed by atoms with Crippen LogP contribution in [0.15, 0.2) is 53.4 Å². The molecule has 0 radical (unpaired) electrons. The molecule has 0 bridgehead atoms. The monoisotopic (exact) mass is 359 g/mol. The summed E-state index contributed by atoms with van der Waals surface area (Å²) in [6.45, 7) is 3.96. The van der Waals surface area contributed by atoms with Gasteiger partial charge in [-0.2, -0.15) is 0 Å². The van der Waals surface area contributed by atoms with Crippen LogP contribution in [0, 0.1) is 6.92 Å². The molecule has 0 saturated heterocycles. The van der Waals surface area contributed by atoms with Crippen molar-refractivity contribution < 1.29 is 18.0 Å². The van der Waals surface area contributed by atoms with Gasteiger partial charge in [-0.05, 0) is 30.7 Å². The third-order valence-corrected chi connectivity index (χ3v) is 6.64. The molecule has 1 aliphatic heterocycles. The highest BCUT2D eigenvalue weighted by molar-refractivity contribution is 7.91. The topological polar surface area (TPSA) is 63.7 Å². The smallest absolute Gasteiger partial charge is 0.274 e. The van der Waals surface area contributed by atoms with Crippen molar-refractivity contribution in [1.29, 1.82) is 0 Å². The fourth-order valence-electron chi connectivity index (χ4n) is 3.32. The van der Waals surface area contributed by atoms with Crippen molar-refractivity contribution in [2.75, 3.05) is 19.4 Å². The number of amides is 1. The molecule has 2 aromatic carbocycles. The van der Waals surface area contributed by atoms with E-state index in [1.807, 2.05) is 26.0 Å². The molecular weight excluding hydrogens is 338 g/mol. The first-order valence-electron chi connectivity index (χ1n) is 8.02. The first-order chi connectivity index (χ1) is 11.8. The van der Waals surface area contributed by atoms with Crippen molar-refractivity contribution in [2.45, 2.75) is 24.2 Å². The second-order valence-electron chi connectivity index (χ2n) is 6.70. The van der Waals surface area contributed by atoms with Gasteiger partial charge < -0.3 is 0 Å². The van der Waals surface area contributed by atoms with Crippen LogP contribution < -0.4 is 0 Å². The van der Waals surface area contributed by atoms with Gasteiger partial charge in [-0.15, -0.1) is 0 Å². The average Bonchev–Trinajstić information content (AvgIpc) is 2.58. The molecule has 3 rings (SSSR count). The molecule has 1 amide bonds. The van der Waals surface area contributed by atoms with Gasteiger partial charge in [0.15, 0.2) is 9.84 Å². The third kappa shape index (κ3) is 3.19. The minimum Gasteiger partial charge on any atom is -0.274 e. The molecule has 6 heteroatoms. The summed E-state index contributed by atoms with van der Waals surface area (Å²) < 4.78 is 25.9. The Bertz CT molecular complexity index is 905. The molecule has 132 valence electrons. The van der Waals surface area contributed by atoms with Gasteiger partial charge in [-0.1, -0.05) is 42.8 Å². The molecule has 5 nitrogen and oxygen atoms in total. The van der Waals surface area contributed by atoms with Gasteiger partial charge >= 0.3 is 0 Å². The number of benzene rings is 2. The van der Waals surface area contributed by atoms with Crippen LogP contribution in [-0.4, -0.2) is 38.8 Å². The molecule has 1 unspecified atom stereocenters. The average molecular weight is 359 g/mol. The highest BCUT2D eigenvalue weighted by Gasteiger charge is 2.43. The van der Waals surface area contributed by atoms with E-state index >= 15 is 0 Å². The van der Waals surface area contributed by atoms with Crippen molar-refractivity contribution in [3.05, 3.63) is 65.2 Å². The predicted molar refractivity (Wildman–Crippen MR) is 95.1 cm³/mol. The number of carbonyl (C=O) groups is 1. The first-order valence-corrected chi connectivity index (χ1v) is 9.67. The standard InChI is InChI=1S/C19H21NO4S/c1-14-8-10-15(11-9-14)25(22,23)13-19(2)12-20(24-3)18(21)16-6-4-5-7-17(16)19/h4-11H,12-13H2,1-3H3. The van der Waals surface area contributed by atoms with Gasteiger partial charge in [-0.25, -0.2) is 13.5 Å². The summed E-state index contributed by atoms with van der Waals surface area (Å²) in [5.41, 5.74) is 1.47. The van der Waals surface area contributed by atoms with Crippen LogP contribution >= 0.6 is 0 Å². The number of hydrogen-bond acceptors (Lipinski definition) is 4. The van der Waals surface area contributed by atoms with E-state index in [1.54, 1.807) is 36.4 Å². The quantitative estimate of drug-likeness (QED) is 0.842. The Hall–Kier alpha value is -2.18. The molecule has 0 fully saturated rings. The lowest BCUT2D eigenvalue weighted by Crippen LogP contribution is -2.50. The summed E-state index contributed by atoms with van der Waals surface area (Å²) in [5.74, 6) is -0.351. The minimum atomic E-state index is -3.52. The maximum Gasteiger partial charge on any atom is 0.277 e. The van der Waals surface area contributed by atoms with E-state index in [0.29, 0.717) is 5.56 Å². The molecular formula is C19H21NO4S. The van der Waals surface area contributed by atoms with Gasteiger partial charge in [-0.3, -0.25) is 9.63 Å². The molecule has 0 aliphatic carbocycles. The zero-order chi connectivity index (χ0) is 18.2. The molecule has 1 aliphatic rings. The van der Waals surface area contributed by atoms with Crippen molar-refractivity contribution in [3.8, 4) is 0 Å². The van der Waals surface area contributed by atoms with E-state index in [4.69, 9.17) is 4.84 Å². The molecule has 25 heavy (non-hydrogen) atoms. The zero-order valence-electron chi connectivity index (χ0n) is 14.5. The van der Waals surface area contributed by atoms with Crippen LogP contribution in [0.25, 0.3) is 0 Å². The van der Waals surface area contributed by atoms with E-state index < -0.39 is 15.3 Å². The number of aryl methyl sites for hydroxylation is 1. The Morgan fingerprint density at radius 1 is 1.12 bits per heavy atom. The van der Waals surface area contributed by atoms with Gasteiger partial charge in [0, 0.05) is 11.0 Å². The Morgan fingerprint density at radius 2 is 1.76 bits per heavy atom. The lowest BCUT2D eigenvalue weighted by molar-refractivity contribution is -0.108. The van der Waals surface area contributed by atoms with Gasteiger partial charge in [0.05, 0.1) is 24.3 Å². The summed E-state index contributed by atoms with van der Waals surface area (Å²) in [5, 5.41) is 1.23. The van der Waals surface area contributed by atoms with Crippen molar-refractivity contribution >= 4 is 15.7 Å². The number of fused-ring (bicyclic) bond motifs is 1. The third-order valence-electron chi connectivity index (χ3n) is 4.64. The molecule has 0 spiro atoms. The number of hydroxylamine groups is 2. The molecule has 1 atom stereocenters. The van der Waals surface area contributed by atoms with Crippen LogP contribution in [0.4, 0.5) is 0 Å². The van der Waals surface area contributed by atoms with Gasteiger partial charge in [0.2, 0.25) is 0 Å². The van der Waals surface area contributed by atoms with Crippen LogP contribution in [0.2, 0.25) is 0 Å². The van der Waals surface area contributed by atoms with Gasteiger partial charge in [0.25, 0.3) is 5.91 Å². The number of rotatable bonds is 4. The normalized spacial score (nSPS) is 20.4. The van der Waals surface area contributed by atoms with Crippen molar-refractivity contribution in [2.24, 2.45) is 0 Å². The SMILES string of the molecule is CON1CC(C)(CS(=O)(=O)c2ccc(C)cc2)c2ccccc2C1=O. The summed E-state index contributed by atoms with van der Waals surface area (Å²) in [7, 11) is -2.10. The molecule has 0 N–H and O–H groups in total. The number of nitrogens with zero attached hydrogens (tertiary/aromatic N) is 1. The molecule has 1 heterocycles. The van der Waals surface area contributed by atoms with E-state index in [2.05, 4.69) is 0 Å². The fourth-order valence-corrected chi connectivity index (χ4v) is 5.13. The van der Waals surface area contributed by atoms with E-state index in [9.17, 15) is 13.2 Å². The number of carbonyl (C=O) groups excluding carboxylic acids is 1. The lowest BCUT2D eigenvalue weighted by atomic mass is 9.78. The summed E-state index contributed by atoms with van der Waals surface area (Å²) in [6.07, 6.45) is 0. The summed E-state index contributed by atoms with van der Waals surface area (Å²) in [6, 6.07) is 14.0.